The molecule has 1 aromatic carbocycles. The van der Waals surface area contributed by atoms with E-state index >= 15 is 0 Å². The molecule has 2 aromatic heterocycles. The predicted octanol–water partition coefficient (Wildman–Crippen LogP) is 3.96. The quantitative estimate of drug-likeness (QED) is 0.617. The van der Waals surface area contributed by atoms with E-state index in [2.05, 4.69) is 10.1 Å². The Labute approximate surface area is 175 Å². The van der Waals surface area contributed by atoms with Crippen molar-refractivity contribution in [3.63, 3.8) is 0 Å². The lowest BCUT2D eigenvalue weighted by atomic mass is 10.1. The Kier molecular flexibility index (Phi) is 5.92. The molecule has 1 fully saturated rings. The molecule has 1 amide bonds. The van der Waals surface area contributed by atoms with Gasteiger partial charge in [0.2, 0.25) is 0 Å². The predicted molar refractivity (Wildman–Crippen MR) is 112 cm³/mol. The van der Waals surface area contributed by atoms with Crippen LogP contribution >= 0.6 is 11.6 Å². The molecule has 6 nitrogen and oxygen atoms in total. The van der Waals surface area contributed by atoms with Crippen molar-refractivity contribution in [2.75, 3.05) is 13.2 Å². The fourth-order valence-corrected chi connectivity index (χ4v) is 3.69. The van der Waals surface area contributed by atoms with E-state index < -0.39 is 0 Å². The molecular formula is C22H23ClN4O2. The smallest absolute Gasteiger partial charge is 0.274 e. The number of ether oxygens (including phenoxy) is 1. The molecule has 0 bridgehead atoms. The summed E-state index contributed by atoms with van der Waals surface area (Å²) < 4.78 is 7.49. The van der Waals surface area contributed by atoms with Crippen LogP contribution in [0.3, 0.4) is 0 Å². The number of aryl methyl sites for hydroxylation is 1. The van der Waals surface area contributed by atoms with Crippen molar-refractivity contribution < 1.29 is 9.53 Å². The van der Waals surface area contributed by atoms with E-state index in [9.17, 15) is 4.79 Å². The summed E-state index contributed by atoms with van der Waals surface area (Å²) >= 11 is 5.99. The maximum atomic E-state index is 13.3. The maximum Gasteiger partial charge on any atom is 0.274 e. The fourth-order valence-electron chi connectivity index (χ4n) is 3.57. The minimum absolute atomic E-state index is 0.0575. The number of carbonyl (C=O) groups is 1. The molecule has 0 aliphatic carbocycles. The third kappa shape index (κ3) is 4.66. The Morgan fingerprint density at radius 3 is 2.79 bits per heavy atom. The van der Waals surface area contributed by atoms with Gasteiger partial charge in [0.05, 0.1) is 24.0 Å². The zero-order valence-electron chi connectivity index (χ0n) is 16.3. The van der Waals surface area contributed by atoms with Gasteiger partial charge in [-0.25, -0.2) is 0 Å². The van der Waals surface area contributed by atoms with Crippen molar-refractivity contribution in [1.29, 1.82) is 0 Å². The van der Waals surface area contributed by atoms with Crippen LogP contribution in [0.5, 0.6) is 0 Å². The second kappa shape index (κ2) is 8.76. The average molecular weight is 411 g/mol. The highest BCUT2D eigenvalue weighted by molar-refractivity contribution is 6.30. The van der Waals surface area contributed by atoms with Crippen molar-refractivity contribution in [2.45, 2.75) is 25.5 Å². The summed E-state index contributed by atoms with van der Waals surface area (Å²) in [5.41, 5.74) is 3.07. The molecule has 0 unspecified atom stereocenters. The Balaban J connectivity index is 1.59. The average Bonchev–Trinajstić information content (AvgIpc) is 3.38. The van der Waals surface area contributed by atoms with Gasteiger partial charge >= 0.3 is 0 Å². The molecule has 0 saturated carbocycles. The molecule has 1 aliphatic rings. The Morgan fingerprint density at radius 1 is 1.28 bits per heavy atom. The Bertz CT molecular complexity index is 966. The molecule has 0 N–H and O–H groups in total. The number of halogens is 1. The maximum absolute atomic E-state index is 13.3. The van der Waals surface area contributed by atoms with Crippen LogP contribution in [0.2, 0.25) is 5.02 Å². The van der Waals surface area contributed by atoms with Crippen LogP contribution < -0.4 is 0 Å². The minimum Gasteiger partial charge on any atom is -0.376 e. The summed E-state index contributed by atoms with van der Waals surface area (Å²) in [4.78, 5) is 19.5. The van der Waals surface area contributed by atoms with Gasteiger partial charge in [0, 0.05) is 31.4 Å². The second-order valence-electron chi connectivity index (χ2n) is 7.19. The topological polar surface area (TPSA) is 60.2 Å². The third-order valence-corrected chi connectivity index (χ3v) is 5.31. The van der Waals surface area contributed by atoms with E-state index in [1.165, 1.54) is 0 Å². The van der Waals surface area contributed by atoms with Gasteiger partial charge in [0.15, 0.2) is 5.69 Å². The lowest BCUT2D eigenvalue weighted by Gasteiger charge is -2.24. The molecule has 150 valence electrons. The largest absolute Gasteiger partial charge is 0.376 e. The first-order valence-corrected chi connectivity index (χ1v) is 10.1. The summed E-state index contributed by atoms with van der Waals surface area (Å²) in [6.07, 6.45) is 3.79. The van der Waals surface area contributed by atoms with Crippen LogP contribution in [0, 0.1) is 0 Å². The number of nitrogens with zero attached hydrogens (tertiary/aromatic N) is 4. The SMILES string of the molecule is Cn1nc(C(=O)N(Cc2ccccn2)C[C@H]2CCCO2)cc1-c1ccc(Cl)cc1. The molecule has 3 aromatic rings. The number of hydrogen-bond acceptors (Lipinski definition) is 4. The lowest BCUT2D eigenvalue weighted by molar-refractivity contribution is 0.0499. The Morgan fingerprint density at radius 2 is 2.10 bits per heavy atom. The first-order chi connectivity index (χ1) is 14.1. The van der Waals surface area contributed by atoms with E-state index in [-0.39, 0.29) is 12.0 Å². The van der Waals surface area contributed by atoms with Crippen LogP contribution in [-0.4, -0.2) is 44.8 Å². The van der Waals surface area contributed by atoms with Gasteiger partial charge in [-0.2, -0.15) is 5.10 Å². The summed E-state index contributed by atoms with van der Waals surface area (Å²) in [7, 11) is 1.84. The van der Waals surface area contributed by atoms with E-state index in [4.69, 9.17) is 16.3 Å². The molecule has 0 spiro atoms. The van der Waals surface area contributed by atoms with Crippen molar-refractivity contribution in [3.05, 3.63) is 71.1 Å². The molecular weight excluding hydrogens is 388 g/mol. The minimum atomic E-state index is -0.123. The molecule has 1 aliphatic heterocycles. The van der Waals surface area contributed by atoms with Crippen LogP contribution in [0.1, 0.15) is 29.0 Å². The van der Waals surface area contributed by atoms with Crippen LogP contribution in [-0.2, 0) is 18.3 Å². The number of carbonyl (C=O) groups excluding carboxylic acids is 1. The summed E-state index contributed by atoms with van der Waals surface area (Å²) in [5, 5.41) is 5.15. The van der Waals surface area contributed by atoms with Gasteiger partial charge in [-0.15, -0.1) is 0 Å². The number of hydrogen-bond donors (Lipinski definition) is 0. The summed E-state index contributed by atoms with van der Waals surface area (Å²) in [6, 6.07) is 15.0. The van der Waals surface area contributed by atoms with Gasteiger partial charge < -0.3 is 9.64 Å². The van der Waals surface area contributed by atoms with Gasteiger partial charge in [-0.3, -0.25) is 14.5 Å². The number of pyridine rings is 1. The number of aromatic nitrogens is 3. The molecule has 0 radical (unpaired) electrons. The van der Waals surface area contributed by atoms with Gasteiger partial charge in [0.1, 0.15) is 0 Å². The molecule has 4 rings (SSSR count). The number of amides is 1. The van der Waals surface area contributed by atoms with E-state index in [1.54, 1.807) is 15.8 Å². The third-order valence-electron chi connectivity index (χ3n) is 5.05. The van der Waals surface area contributed by atoms with E-state index in [1.807, 2.05) is 55.6 Å². The van der Waals surface area contributed by atoms with Crippen LogP contribution in [0.15, 0.2) is 54.7 Å². The normalized spacial score (nSPS) is 16.1. The fraction of sp³-hybridized carbons (Fsp3) is 0.318. The molecule has 29 heavy (non-hydrogen) atoms. The van der Waals surface area contributed by atoms with E-state index in [0.717, 1.165) is 36.4 Å². The standard InChI is InChI=1S/C22H23ClN4O2/c1-26-21(16-7-9-17(23)10-8-16)13-20(25-26)22(28)27(15-19-6-4-12-29-19)14-18-5-2-3-11-24-18/h2-3,5,7-11,13,19H,4,6,12,14-15H2,1H3/t19-/m1/s1. The summed E-state index contributed by atoms with van der Waals surface area (Å²) in [6.45, 7) is 1.70. The lowest BCUT2D eigenvalue weighted by Crippen LogP contribution is -2.37. The molecule has 1 atom stereocenters. The van der Waals surface area contributed by atoms with E-state index in [0.29, 0.717) is 23.8 Å². The zero-order valence-corrected chi connectivity index (χ0v) is 17.0. The first kappa shape index (κ1) is 19.6. The van der Waals surface area contributed by atoms with Crippen LogP contribution in [0.4, 0.5) is 0 Å². The van der Waals surface area contributed by atoms with Crippen molar-refractivity contribution in [2.24, 2.45) is 7.05 Å². The molecule has 7 heteroatoms. The van der Waals surface area contributed by atoms with Gasteiger partial charge in [-0.05, 0) is 48.7 Å². The van der Waals surface area contributed by atoms with Gasteiger partial charge in [-0.1, -0.05) is 29.8 Å². The van der Waals surface area contributed by atoms with Gasteiger partial charge in [0.25, 0.3) is 5.91 Å². The van der Waals surface area contributed by atoms with Crippen molar-refractivity contribution in [1.82, 2.24) is 19.7 Å². The second-order valence-corrected chi connectivity index (χ2v) is 7.62. The van der Waals surface area contributed by atoms with Crippen molar-refractivity contribution >= 4 is 17.5 Å². The molecule has 1 saturated heterocycles. The summed E-state index contributed by atoms with van der Waals surface area (Å²) in [5.74, 6) is -0.123. The highest BCUT2D eigenvalue weighted by Crippen LogP contribution is 2.23. The van der Waals surface area contributed by atoms with Crippen molar-refractivity contribution in [3.8, 4) is 11.3 Å². The first-order valence-electron chi connectivity index (χ1n) is 9.71. The monoisotopic (exact) mass is 410 g/mol. The highest BCUT2D eigenvalue weighted by atomic mass is 35.5. The number of benzene rings is 1. The number of rotatable bonds is 6. The van der Waals surface area contributed by atoms with Crippen LogP contribution in [0.25, 0.3) is 11.3 Å². The Hall–Kier alpha value is -2.70. The zero-order chi connectivity index (χ0) is 20.2. The highest BCUT2D eigenvalue weighted by Gasteiger charge is 2.26. The molecule has 3 heterocycles.